The van der Waals surface area contributed by atoms with E-state index in [4.69, 9.17) is 10.7 Å². The van der Waals surface area contributed by atoms with Gasteiger partial charge in [0.25, 0.3) is 15.5 Å². The van der Waals surface area contributed by atoms with Gasteiger partial charge in [-0.3, -0.25) is 0 Å². The zero-order chi connectivity index (χ0) is 11.8. The van der Waals surface area contributed by atoms with Crippen LogP contribution in [0.2, 0.25) is 0 Å². The summed E-state index contributed by atoms with van der Waals surface area (Å²) < 4.78 is 58.5. The maximum atomic E-state index is 13.0. The molecule has 0 spiro atoms. The quantitative estimate of drug-likeness (QED) is 0.786. The van der Waals surface area contributed by atoms with Crippen LogP contribution in [0.25, 0.3) is 0 Å². The number of aromatic nitrogens is 1. The van der Waals surface area contributed by atoms with Crippen LogP contribution in [0.4, 0.5) is 13.2 Å². The fourth-order valence-electron chi connectivity index (χ4n) is 0.764. The van der Waals surface area contributed by atoms with E-state index in [9.17, 15) is 21.6 Å². The third-order valence-electron chi connectivity index (χ3n) is 1.37. The van der Waals surface area contributed by atoms with Crippen molar-refractivity contribution in [2.24, 2.45) is 0 Å². The second kappa shape index (κ2) is 4.26. The van der Waals surface area contributed by atoms with Crippen molar-refractivity contribution in [1.82, 2.24) is 4.98 Å². The van der Waals surface area contributed by atoms with Crippen molar-refractivity contribution in [2.75, 3.05) is 0 Å². The third kappa shape index (κ3) is 2.82. The molecule has 0 aliphatic heterocycles. The van der Waals surface area contributed by atoms with E-state index < -0.39 is 36.5 Å². The van der Waals surface area contributed by atoms with Crippen molar-refractivity contribution in [2.45, 2.75) is 11.5 Å². The fraction of sp³-hybridized carbons (Fsp3) is 0.167. The molecule has 0 radical (unpaired) electrons. The van der Waals surface area contributed by atoms with Crippen molar-refractivity contribution in [1.29, 1.82) is 0 Å². The molecule has 15 heavy (non-hydrogen) atoms. The molecule has 1 aromatic rings. The summed E-state index contributed by atoms with van der Waals surface area (Å²) in [5, 5.41) is -0.944. The average molecular weight is 325 g/mol. The molecular weight excluding hydrogens is 322 g/mol. The number of pyridine rings is 1. The molecule has 0 saturated carbocycles. The molecule has 3 nitrogen and oxygen atoms in total. The highest BCUT2D eigenvalue weighted by Gasteiger charge is 2.22. The first-order valence-electron chi connectivity index (χ1n) is 3.32. The van der Waals surface area contributed by atoms with Gasteiger partial charge in [0, 0.05) is 16.7 Å². The van der Waals surface area contributed by atoms with Gasteiger partial charge < -0.3 is 0 Å². The number of hydrogen-bond acceptors (Lipinski definition) is 3. The second-order valence-electron chi connectivity index (χ2n) is 2.38. The minimum atomic E-state index is -4.33. The SMILES string of the molecule is O=S(=O)(Cl)c1cc(F)c(Br)c(C(F)F)n1. The Morgan fingerprint density at radius 1 is 1.47 bits per heavy atom. The average Bonchev–Trinajstić information content (AvgIpc) is 2.06. The summed E-state index contributed by atoms with van der Waals surface area (Å²) in [4.78, 5) is 3.05. The minimum Gasteiger partial charge on any atom is -0.233 e. The molecule has 0 saturated heterocycles. The lowest BCUT2D eigenvalue weighted by Gasteiger charge is -2.05. The van der Waals surface area contributed by atoms with Crippen LogP contribution in [0.1, 0.15) is 12.1 Å². The lowest BCUT2D eigenvalue weighted by molar-refractivity contribution is 0.143. The molecule has 1 heterocycles. The van der Waals surface area contributed by atoms with Gasteiger partial charge in [-0.05, 0) is 15.9 Å². The first kappa shape index (κ1) is 12.7. The zero-order valence-corrected chi connectivity index (χ0v) is 9.87. The van der Waals surface area contributed by atoms with E-state index in [0.29, 0.717) is 6.07 Å². The van der Waals surface area contributed by atoms with Gasteiger partial charge in [0.1, 0.15) is 11.5 Å². The molecule has 0 N–H and O–H groups in total. The monoisotopic (exact) mass is 323 g/mol. The molecule has 0 fully saturated rings. The van der Waals surface area contributed by atoms with E-state index in [1.807, 2.05) is 0 Å². The van der Waals surface area contributed by atoms with Crippen molar-refractivity contribution in [3.05, 3.63) is 22.1 Å². The predicted molar refractivity (Wildman–Crippen MR) is 49.9 cm³/mol. The summed E-state index contributed by atoms with van der Waals surface area (Å²) >= 11 is 2.53. The normalized spacial score (nSPS) is 12.1. The summed E-state index contributed by atoms with van der Waals surface area (Å²) in [7, 11) is 0.511. The lowest BCUT2D eigenvalue weighted by atomic mass is 10.3. The molecule has 0 aliphatic carbocycles. The van der Waals surface area contributed by atoms with Crippen LogP contribution >= 0.6 is 26.6 Å². The summed E-state index contributed by atoms with van der Waals surface area (Å²) in [6.07, 6.45) is -3.10. The van der Waals surface area contributed by atoms with Gasteiger partial charge in [0.15, 0.2) is 5.03 Å². The van der Waals surface area contributed by atoms with E-state index >= 15 is 0 Å². The lowest BCUT2D eigenvalue weighted by Crippen LogP contribution is -2.02. The number of halogens is 5. The Balaban J connectivity index is 3.50. The third-order valence-corrected chi connectivity index (χ3v) is 3.34. The molecule has 9 heteroatoms. The Labute approximate surface area is 95.8 Å². The Morgan fingerprint density at radius 2 is 2.00 bits per heavy atom. The Hall–Kier alpha value is -0.340. The summed E-state index contributed by atoms with van der Waals surface area (Å²) in [5.74, 6) is -1.17. The van der Waals surface area contributed by atoms with Gasteiger partial charge in [-0.2, -0.15) is 0 Å². The summed E-state index contributed by atoms with van der Waals surface area (Å²) in [6.45, 7) is 0. The molecule has 0 unspecified atom stereocenters. The van der Waals surface area contributed by atoms with E-state index in [0.717, 1.165) is 0 Å². The Kier molecular flexibility index (Phi) is 3.62. The smallest absolute Gasteiger partial charge is 0.233 e. The minimum absolute atomic E-state index is 0.457. The maximum Gasteiger partial charge on any atom is 0.281 e. The molecular formula is C6H2BrClF3NO2S. The highest BCUT2D eigenvalue weighted by Crippen LogP contribution is 2.29. The standard InChI is InChI=1S/C6H2BrClF3NO2S/c7-4-2(9)1-3(15(8,13)14)12-5(4)6(10)11/h1,6H. The Bertz CT molecular complexity index is 493. The predicted octanol–water partition coefficient (Wildman–Crippen LogP) is 2.85. The van der Waals surface area contributed by atoms with E-state index in [1.165, 1.54) is 0 Å². The molecule has 0 bridgehead atoms. The van der Waals surface area contributed by atoms with Crippen LogP contribution in [0.15, 0.2) is 15.6 Å². The molecule has 1 aromatic heterocycles. The van der Waals surface area contributed by atoms with Crippen LogP contribution in [-0.4, -0.2) is 13.4 Å². The summed E-state index contributed by atoms with van der Waals surface area (Å²) in [6, 6.07) is 0.457. The van der Waals surface area contributed by atoms with E-state index in [-0.39, 0.29) is 0 Å². The van der Waals surface area contributed by atoms with Gasteiger partial charge in [-0.15, -0.1) is 0 Å². The highest BCUT2D eigenvalue weighted by atomic mass is 79.9. The van der Waals surface area contributed by atoms with Crippen LogP contribution in [0.5, 0.6) is 0 Å². The van der Waals surface area contributed by atoms with E-state index in [2.05, 4.69) is 20.9 Å². The van der Waals surface area contributed by atoms with Gasteiger partial charge in [0.2, 0.25) is 0 Å². The highest BCUT2D eigenvalue weighted by molar-refractivity contribution is 9.10. The number of nitrogens with zero attached hydrogens (tertiary/aromatic N) is 1. The molecule has 84 valence electrons. The first-order chi connectivity index (χ1) is 6.73. The molecule has 0 amide bonds. The number of alkyl halides is 2. The number of hydrogen-bond donors (Lipinski definition) is 0. The molecule has 0 atom stereocenters. The van der Waals surface area contributed by atoms with Crippen molar-refractivity contribution >= 4 is 35.7 Å². The van der Waals surface area contributed by atoms with Crippen molar-refractivity contribution < 1.29 is 21.6 Å². The van der Waals surface area contributed by atoms with Crippen LogP contribution < -0.4 is 0 Å². The molecule has 0 aliphatic rings. The first-order valence-corrected chi connectivity index (χ1v) is 6.42. The zero-order valence-electron chi connectivity index (χ0n) is 6.72. The summed E-state index contributed by atoms with van der Waals surface area (Å²) in [5.41, 5.74) is -1.01. The van der Waals surface area contributed by atoms with Gasteiger partial charge >= 0.3 is 0 Å². The van der Waals surface area contributed by atoms with Gasteiger partial charge in [-0.1, -0.05) is 0 Å². The number of rotatable bonds is 2. The molecule has 1 rings (SSSR count). The van der Waals surface area contributed by atoms with Gasteiger partial charge in [0.05, 0.1) is 4.47 Å². The maximum absolute atomic E-state index is 13.0. The van der Waals surface area contributed by atoms with Crippen LogP contribution in [-0.2, 0) is 9.05 Å². The topological polar surface area (TPSA) is 47.0 Å². The molecule has 0 aromatic carbocycles. The van der Waals surface area contributed by atoms with Crippen molar-refractivity contribution in [3.8, 4) is 0 Å². The van der Waals surface area contributed by atoms with Gasteiger partial charge in [-0.25, -0.2) is 26.6 Å². The fourth-order valence-corrected chi connectivity index (χ4v) is 1.83. The van der Waals surface area contributed by atoms with E-state index in [1.54, 1.807) is 0 Å². The largest absolute Gasteiger partial charge is 0.281 e. The van der Waals surface area contributed by atoms with Crippen LogP contribution in [0.3, 0.4) is 0 Å². The van der Waals surface area contributed by atoms with Crippen molar-refractivity contribution in [3.63, 3.8) is 0 Å². The van der Waals surface area contributed by atoms with Crippen LogP contribution in [0, 0.1) is 5.82 Å². The Morgan fingerprint density at radius 3 is 2.40 bits per heavy atom. The second-order valence-corrected chi connectivity index (χ2v) is 5.69.